The summed E-state index contributed by atoms with van der Waals surface area (Å²) in [5, 5.41) is 4.35. The van der Waals surface area contributed by atoms with E-state index in [4.69, 9.17) is 13.6 Å². The molecule has 1 saturated heterocycles. The molecule has 0 aliphatic carbocycles. The third kappa shape index (κ3) is 6.83. The zero-order valence-corrected chi connectivity index (χ0v) is 29.9. The number of hydrogen-bond acceptors (Lipinski definition) is 4. The molecule has 7 heteroatoms. The molecule has 5 rings (SSSR count). The predicted octanol–water partition coefficient (Wildman–Crippen LogP) is 3.03. The molecule has 4 aromatic rings. The molecule has 0 amide bonds. The fourth-order valence-electron chi connectivity index (χ4n) is 6.79. The molecular formula is C38H45LiO4Si2. The average Bonchev–Trinajstić information content (AvgIpc) is 3.39. The minimum Gasteiger partial charge on any atom is -0.480 e. The van der Waals surface area contributed by atoms with E-state index in [0.717, 1.165) is 0 Å². The first-order chi connectivity index (χ1) is 20.9. The molecule has 0 N–H and O–H groups in total. The Hall–Kier alpha value is -2.83. The molecule has 0 aromatic heterocycles. The van der Waals surface area contributed by atoms with Gasteiger partial charge in [-0.05, 0) is 30.8 Å². The zero-order valence-electron chi connectivity index (χ0n) is 27.9. The van der Waals surface area contributed by atoms with Crippen LogP contribution in [0.1, 0.15) is 48.0 Å². The van der Waals surface area contributed by atoms with E-state index in [9.17, 15) is 4.79 Å². The molecule has 1 aliphatic heterocycles. The maximum atomic E-state index is 12.8. The van der Waals surface area contributed by atoms with Crippen molar-refractivity contribution in [2.75, 3.05) is 13.2 Å². The number of cyclic esters (lactones) is 1. The molecule has 0 unspecified atom stereocenters. The number of ether oxygens (including phenoxy) is 1. The molecule has 4 aromatic carbocycles. The van der Waals surface area contributed by atoms with Gasteiger partial charge in [-0.3, -0.25) is 11.2 Å². The fourth-order valence-corrected chi connectivity index (χ4v) is 16.1. The standard InChI is InChI=1S/C38H45O4Si2.Li/c1-36(2,3)43(31-19-11-7-12-20-31,32-21-13-8-14-22-32)40-29-38(28-27-35(39)42-38)30-41-44(37(4,5)6,33-23-15-9-16-24-33)34-25-17-10-18-26-34;/h7-27H,28-30H2,1-6H3;/q-1;+1. The van der Waals surface area contributed by atoms with Gasteiger partial charge in [0.15, 0.2) is 5.97 Å². The van der Waals surface area contributed by atoms with E-state index in [1.807, 2.05) is 24.3 Å². The molecule has 1 heterocycles. The van der Waals surface area contributed by atoms with Crippen molar-refractivity contribution in [3.8, 4) is 0 Å². The van der Waals surface area contributed by atoms with Gasteiger partial charge in [0.2, 0.25) is 0 Å². The van der Waals surface area contributed by atoms with Crippen molar-refractivity contribution in [2.24, 2.45) is 0 Å². The number of carbonyl (C=O) groups is 1. The summed E-state index contributed by atoms with van der Waals surface area (Å²) >= 11 is 0. The maximum absolute atomic E-state index is 12.8. The molecule has 45 heavy (non-hydrogen) atoms. The van der Waals surface area contributed by atoms with Crippen molar-refractivity contribution >= 4 is 43.4 Å². The van der Waals surface area contributed by atoms with E-state index in [0.29, 0.717) is 6.42 Å². The first kappa shape index (κ1) is 35.0. The first-order valence-corrected chi connectivity index (χ1v) is 19.3. The third-order valence-corrected chi connectivity index (χ3v) is 18.9. The molecule has 0 saturated carbocycles. The Morgan fingerprint density at radius 2 is 0.889 bits per heavy atom. The van der Waals surface area contributed by atoms with Crippen LogP contribution >= 0.6 is 0 Å². The Bertz CT molecular complexity index is 1330. The summed E-state index contributed by atoms with van der Waals surface area (Å²) < 4.78 is 20.9. The second-order valence-electron chi connectivity index (χ2n) is 13.9. The Morgan fingerprint density at radius 1 is 0.600 bits per heavy atom. The smallest absolute Gasteiger partial charge is 0.480 e. The summed E-state index contributed by atoms with van der Waals surface area (Å²) in [5.41, 5.74) is -0.947. The van der Waals surface area contributed by atoms with Gasteiger partial charge < -0.3 is 13.6 Å². The zero-order chi connectivity index (χ0) is 31.5. The number of esters is 1. The Kier molecular flexibility index (Phi) is 10.8. The topological polar surface area (TPSA) is 44.8 Å². The molecule has 230 valence electrons. The van der Waals surface area contributed by atoms with Gasteiger partial charge in [-0.15, -0.1) is 6.42 Å². The van der Waals surface area contributed by atoms with Crippen LogP contribution in [-0.2, 0) is 18.4 Å². The van der Waals surface area contributed by atoms with Crippen LogP contribution in [0.2, 0.25) is 10.1 Å². The van der Waals surface area contributed by atoms with Crippen LogP contribution in [0.3, 0.4) is 0 Å². The Labute approximate surface area is 284 Å². The second kappa shape index (κ2) is 13.9. The molecular weight excluding hydrogens is 584 g/mol. The molecule has 0 spiro atoms. The van der Waals surface area contributed by atoms with Crippen molar-refractivity contribution in [3.63, 3.8) is 0 Å². The third-order valence-electron chi connectivity index (χ3n) is 8.89. The molecule has 1 aliphatic rings. The molecule has 0 atom stereocenters. The predicted molar refractivity (Wildman–Crippen MR) is 185 cm³/mol. The average molecular weight is 629 g/mol. The van der Waals surface area contributed by atoms with Crippen LogP contribution in [0.25, 0.3) is 0 Å². The number of hydrogen-bond donors (Lipinski definition) is 0. The van der Waals surface area contributed by atoms with Gasteiger partial charge in [0.1, 0.15) is 5.60 Å². The van der Waals surface area contributed by atoms with Crippen LogP contribution in [0.15, 0.2) is 121 Å². The summed E-state index contributed by atoms with van der Waals surface area (Å²) in [6, 6.07) is 42.3. The van der Waals surface area contributed by atoms with E-state index in [-0.39, 0.29) is 48.1 Å². The number of rotatable bonds is 10. The van der Waals surface area contributed by atoms with Gasteiger partial charge in [0, 0.05) is 0 Å². The molecule has 0 radical (unpaired) electrons. The van der Waals surface area contributed by atoms with Crippen molar-refractivity contribution in [1.29, 1.82) is 0 Å². The largest absolute Gasteiger partial charge is 1.00 e. The SMILES string of the molecule is CC(C)(C)[Si](OCC1(CO[Si](c2ccccc2)(c2ccccc2)C(C)(C)C)C[CH-]C(=O)O1)(c1ccccc1)c1ccccc1.[Li+]. The van der Waals surface area contributed by atoms with Crippen molar-refractivity contribution in [2.45, 2.75) is 63.6 Å². The summed E-state index contributed by atoms with van der Waals surface area (Å²) in [5.74, 6) is -0.318. The van der Waals surface area contributed by atoms with Crippen LogP contribution < -0.4 is 39.6 Å². The molecule has 0 bridgehead atoms. The summed E-state index contributed by atoms with van der Waals surface area (Å²) in [6.07, 6.45) is 2.08. The van der Waals surface area contributed by atoms with Gasteiger partial charge in [0.05, 0.1) is 13.2 Å². The quantitative estimate of drug-likeness (QED) is 0.154. The minimum absolute atomic E-state index is 0. The van der Waals surface area contributed by atoms with Crippen molar-refractivity contribution in [3.05, 3.63) is 128 Å². The second-order valence-corrected chi connectivity index (χ2v) is 22.5. The van der Waals surface area contributed by atoms with Gasteiger partial charge in [-0.1, -0.05) is 163 Å². The normalized spacial score (nSPS) is 15.1. The monoisotopic (exact) mass is 628 g/mol. The van der Waals surface area contributed by atoms with Crippen LogP contribution in [-0.4, -0.2) is 41.4 Å². The molecule has 4 nitrogen and oxygen atoms in total. The van der Waals surface area contributed by atoms with E-state index in [1.165, 1.54) is 20.7 Å². The van der Waals surface area contributed by atoms with Crippen molar-refractivity contribution in [1.82, 2.24) is 0 Å². The first-order valence-electron chi connectivity index (χ1n) is 15.5. The van der Waals surface area contributed by atoms with Gasteiger partial charge in [-0.25, -0.2) is 0 Å². The van der Waals surface area contributed by atoms with Crippen LogP contribution in [0, 0.1) is 6.42 Å². The fraction of sp³-hybridized carbons (Fsp3) is 0.316. The summed E-state index contributed by atoms with van der Waals surface area (Å²) in [6.45, 7) is 14.0. The number of benzene rings is 4. The van der Waals surface area contributed by atoms with Crippen LogP contribution in [0.4, 0.5) is 0 Å². The molecule has 1 fully saturated rings. The van der Waals surface area contributed by atoms with E-state index >= 15 is 0 Å². The van der Waals surface area contributed by atoms with Gasteiger partial charge in [-0.2, -0.15) is 0 Å². The minimum atomic E-state index is -2.87. The maximum Gasteiger partial charge on any atom is 1.00 e. The van der Waals surface area contributed by atoms with E-state index < -0.39 is 22.2 Å². The number of carbonyl (C=O) groups excluding carboxylic acids is 1. The summed E-state index contributed by atoms with van der Waals surface area (Å²) in [7, 11) is -5.75. The van der Waals surface area contributed by atoms with E-state index in [1.54, 1.807) is 6.42 Å². The van der Waals surface area contributed by atoms with Gasteiger partial charge >= 0.3 is 18.9 Å². The van der Waals surface area contributed by atoms with Crippen molar-refractivity contribution < 1.29 is 37.2 Å². The van der Waals surface area contributed by atoms with Gasteiger partial charge in [0.25, 0.3) is 16.6 Å². The van der Waals surface area contributed by atoms with Crippen LogP contribution in [0.5, 0.6) is 0 Å². The Morgan fingerprint density at radius 3 is 1.11 bits per heavy atom. The Balaban J connectivity index is 0.00000461. The van der Waals surface area contributed by atoms with E-state index in [2.05, 4.69) is 139 Å². The summed E-state index contributed by atoms with van der Waals surface area (Å²) in [4.78, 5) is 12.8.